The molecule has 1 unspecified atom stereocenters. The summed E-state index contributed by atoms with van der Waals surface area (Å²) in [5.74, 6) is 1.67. The van der Waals surface area contributed by atoms with Crippen LogP contribution in [0.3, 0.4) is 0 Å². The number of thiophene rings is 1. The van der Waals surface area contributed by atoms with Crippen molar-refractivity contribution in [3.63, 3.8) is 0 Å². The number of nitrogens with zero attached hydrogens (tertiary/aromatic N) is 3. The molecule has 6 nitrogen and oxygen atoms in total. The van der Waals surface area contributed by atoms with Crippen LogP contribution in [0.2, 0.25) is 0 Å². The molecule has 0 bridgehead atoms. The van der Waals surface area contributed by atoms with Crippen molar-refractivity contribution in [2.24, 2.45) is 0 Å². The van der Waals surface area contributed by atoms with E-state index in [0.29, 0.717) is 19.5 Å². The number of sulfonamides is 1. The van der Waals surface area contributed by atoms with Gasteiger partial charge in [-0.25, -0.2) is 23.1 Å². The van der Waals surface area contributed by atoms with Gasteiger partial charge in [0.1, 0.15) is 16.5 Å². The van der Waals surface area contributed by atoms with Crippen LogP contribution in [0.1, 0.15) is 19.2 Å². The van der Waals surface area contributed by atoms with Gasteiger partial charge in [0.05, 0.1) is 10.6 Å². The third kappa shape index (κ3) is 2.63. The molecule has 0 aliphatic carbocycles. The largest absolute Gasteiger partial charge is 0.355 e. The number of aryl methyl sites for hydroxylation is 1. The van der Waals surface area contributed by atoms with Crippen molar-refractivity contribution in [3.8, 4) is 0 Å². The monoisotopic (exact) mass is 326 g/mol. The van der Waals surface area contributed by atoms with Gasteiger partial charge in [0.15, 0.2) is 0 Å². The molecule has 3 rings (SSSR count). The lowest BCUT2D eigenvalue weighted by molar-refractivity contribution is 0.575. The van der Waals surface area contributed by atoms with Gasteiger partial charge >= 0.3 is 0 Å². The highest BCUT2D eigenvalue weighted by Crippen LogP contribution is 2.31. The molecule has 1 aliphatic heterocycles. The fourth-order valence-electron chi connectivity index (χ4n) is 2.62. The Kier molecular flexibility index (Phi) is 3.85. The van der Waals surface area contributed by atoms with Crippen LogP contribution in [0, 0.1) is 0 Å². The lowest BCUT2D eigenvalue weighted by atomic mass is 10.3. The zero-order valence-corrected chi connectivity index (χ0v) is 13.7. The van der Waals surface area contributed by atoms with E-state index in [2.05, 4.69) is 19.6 Å². The molecular weight excluding hydrogens is 308 g/mol. The van der Waals surface area contributed by atoms with Crippen LogP contribution in [-0.2, 0) is 16.4 Å². The van der Waals surface area contributed by atoms with Crippen molar-refractivity contribution in [2.75, 3.05) is 25.0 Å². The second kappa shape index (κ2) is 5.51. The maximum atomic E-state index is 11.9. The van der Waals surface area contributed by atoms with Gasteiger partial charge in [0.25, 0.3) is 0 Å². The van der Waals surface area contributed by atoms with Crippen LogP contribution in [0.15, 0.2) is 11.4 Å². The van der Waals surface area contributed by atoms with Gasteiger partial charge in [-0.3, -0.25) is 0 Å². The number of fused-ring (bicyclic) bond motifs is 1. The molecular formula is C13H18N4O2S2. The van der Waals surface area contributed by atoms with Crippen LogP contribution in [0.25, 0.3) is 10.2 Å². The number of nitrogens with one attached hydrogen (secondary N) is 1. The van der Waals surface area contributed by atoms with E-state index in [9.17, 15) is 8.42 Å². The van der Waals surface area contributed by atoms with E-state index in [-0.39, 0.29) is 5.25 Å². The van der Waals surface area contributed by atoms with Crippen molar-refractivity contribution < 1.29 is 8.42 Å². The summed E-state index contributed by atoms with van der Waals surface area (Å²) in [5, 5.41) is 2.64. The fourth-order valence-corrected chi connectivity index (χ4v) is 4.53. The third-order valence-electron chi connectivity index (χ3n) is 3.84. The van der Waals surface area contributed by atoms with Gasteiger partial charge in [0, 0.05) is 19.5 Å². The van der Waals surface area contributed by atoms with Crippen molar-refractivity contribution in [1.82, 2.24) is 14.7 Å². The first-order valence-electron chi connectivity index (χ1n) is 6.96. The molecule has 0 spiro atoms. The predicted molar refractivity (Wildman–Crippen MR) is 85.4 cm³/mol. The average Bonchev–Trinajstić information content (AvgIpc) is 3.15. The second-order valence-corrected chi connectivity index (χ2v) is 8.12. The number of anilines is 1. The Bertz CT molecular complexity index is 757. The molecule has 1 N–H and O–H groups in total. The van der Waals surface area contributed by atoms with E-state index in [1.807, 2.05) is 18.4 Å². The summed E-state index contributed by atoms with van der Waals surface area (Å²) in [6, 6.07) is 2.01. The van der Waals surface area contributed by atoms with Crippen LogP contribution in [0.4, 0.5) is 5.82 Å². The number of rotatable bonds is 4. The van der Waals surface area contributed by atoms with E-state index in [1.165, 1.54) is 7.05 Å². The quantitative estimate of drug-likeness (QED) is 0.919. The molecule has 1 fully saturated rings. The van der Waals surface area contributed by atoms with Gasteiger partial charge in [-0.15, -0.1) is 11.3 Å². The minimum Gasteiger partial charge on any atom is -0.355 e. The Hall–Kier alpha value is -1.25. The summed E-state index contributed by atoms with van der Waals surface area (Å²) in [7, 11) is -1.76. The summed E-state index contributed by atoms with van der Waals surface area (Å²) in [6.07, 6.45) is 1.40. The number of aromatic nitrogens is 2. The van der Waals surface area contributed by atoms with E-state index >= 15 is 0 Å². The lowest BCUT2D eigenvalue weighted by Crippen LogP contribution is -2.34. The standard InChI is InChI=1S/C13H18N4O2S2/c1-3-11-15-12(10-5-7-20-13(10)16-11)17-6-4-9(8-17)21(18,19)14-2/h5,7,9,14H,3-4,6,8H2,1-2H3. The topological polar surface area (TPSA) is 75.2 Å². The summed E-state index contributed by atoms with van der Waals surface area (Å²) in [4.78, 5) is 12.2. The summed E-state index contributed by atoms with van der Waals surface area (Å²) < 4.78 is 26.3. The fraction of sp³-hybridized carbons (Fsp3) is 0.538. The second-order valence-electron chi connectivity index (χ2n) is 5.06. The minimum absolute atomic E-state index is 0.378. The number of hydrogen-bond donors (Lipinski definition) is 1. The Labute approximate surface area is 128 Å². The molecule has 3 heterocycles. The summed E-state index contributed by atoms with van der Waals surface area (Å²) >= 11 is 1.59. The maximum Gasteiger partial charge on any atom is 0.216 e. The highest BCUT2D eigenvalue weighted by atomic mass is 32.2. The first-order valence-corrected chi connectivity index (χ1v) is 9.39. The molecule has 114 valence electrons. The van der Waals surface area contributed by atoms with E-state index in [4.69, 9.17) is 0 Å². The maximum absolute atomic E-state index is 11.9. The number of hydrogen-bond acceptors (Lipinski definition) is 6. The Morgan fingerprint density at radius 3 is 3.00 bits per heavy atom. The summed E-state index contributed by atoms with van der Waals surface area (Å²) in [6.45, 7) is 3.21. The first kappa shape index (κ1) is 14.7. The molecule has 8 heteroatoms. The van der Waals surface area contributed by atoms with Crippen molar-refractivity contribution in [2.45, 2.75) is 25.0 Å². The van der Waals surface area contributed by atoms with Gasteiger partial charge in [-0.2, -0.15) is 0 Å². The SMILES string of the molecule is CCc1nc(N2CCC(S(=O)(=O)NC)C2)c2ccsc2n1. The van der Waals surface area contributed by atoms with Crippen LogP contribution < -0.4 is 9.62 Å². The zero-order chi connectivity index (χ0) is 15.0. The average molecular weight is 326 g/mol. The molecule has 1 saturated heterocycles. The molecule has 0 saturated carbocycles. The molecule has 0 radical (unpaired) electrons. The molecule has 2 aromatic heterocycles. The van der Waals surface area contributed by atoms with Crippen molar-refractivity contribution >= 4 is 37.4 Å². The first-order chi connectivity index (χ1) is 10.0. The highest BCUT2D eigenvalue weighted by Gasteiger charge is 2.33. The Morgan fingerprint density at radius 2 is 2.29 bits per heavy atom. The van der Waals surface area contributed by atoms with Gasteiger partial charge in [0.2, 0.25) is 10.0 Å². The van der Waals surface area contributed by atoms with Gasteiger partial charge < -0.3 is 4.90 Å². The minimum atomic E-state index is -3.23. The Morgan fingerprint density at radius 1 is 1.48 bits per heavy atom. The lowest BCUT2D eigenvalue weighted by Gasteiger charge is -2.19. The van der Waals surface area contributed by atoms with Crippen LogP contribution in [-0.4, -0.2) is 43.8 Å². The third-order valence-corrected chi connectivity index (χ3v) is 6.47. The van der Waals surface area contributed by atoms with E-state index in [0.717, 1.165) is 28.3 Å². The summed E-state index contributed by atoms with van der Waals surface area (Å²) in [5.41, 5.74) is 0. The normalized spacial score (nSPS) is 19.5. The van der Waals surface area contributed by atoms with Crippen molar-refractivity contribution in [1.29, 1.82) is 0 Å². The Balaban J connectivity index is 1.96. The molecule has 1 atom stereocenters. The molecule has 1 aliphatic rings. The van der Waals surface area contributed by atoms with Crippen LogP contribution in [0.5, 0.6) is 0 Å². The van der Waals surface area contributed by atoms with Crippen molar-refractivity contribution in [3.05, 3.63) is 17.3 Å². The molecule has 0 aromatic carbocycles. The van der Waals surface area contributed by atoms with Crippen LogP contribution >= 0.6 is 11.3 Å². The zero-order valence-electron chi connectivity index (χ0n) is 12.0. The van der Waals surface area contributed by atoms with E-state index < -0.39 is 10.0 Å². The van der Waals surface area contributed by atoms with Gasteiger partial charge in [-0.05, 0) is 24.9 Å². The molecule has 21 heavy (non-hydrogen) atoms. The molecule has 0 amide bonds. The smallest absolute Gasteiger partial charge is 0.216 e. The predicted octanol–water partition coefficient (Wildman–Crippen LogP) is 1.38. The van der Waals surface area contributed by atoms with Gasteiger partial charge in [-0.1, -0.05) is 6.92 Å². The van der Waals surface area contributed by atoms with E-state index in [1.54, 1.807) is 11.3 Å². The highest BCUT2D eigenvalue weighted by molar-refractivity contribution is 7.90. The molecule has 2 aromatic rings.